The van der Waals surface area contributed by atoms with Crippen molar-refractivity contribution in [3.8, 4) is 0 Å². The number of amides is 2. The van der Waals surface area contributed by atoms with E-state index in [1.54, 1.807) is 19.9 Å². The van der Waals surface area contributed by atoms with E-state index in [1.165, 1.54) is 41.3 Å². The molecule has 0 aliphatic carbocycles. The summed E-state index contributed by atoms with van der Waals surface area (Å²) in [6.07, 6.45) is 1.07. The molecule has 0 aromatic heterocycles. The molecule has 208 valence electrons. The van der Waals surface area contributed by atoms with E-state index in [0.29, 0.717) is 0 Å². The molecule has 0 radical (unpaired) electrons. The van der Waals surface area contributed by atoms with Crippen molar-refractivity contribution in [2.75, 3.05) is 17.1 Å². The summed E-state index contributed by atoms with van der Waals surface area (Å²) in [6.45, 7) is 2.64. The molecule has 3 aromatic rings. The molecule has 1 atom stereocenters. The van der Waals surface area contributed by atoms with E-state index in [4.69, 9.17) is 23.2 Å². The van der Waals surface area contributed by atoms with Gasteiger partial charge < -0.3 is 10.2 Å². The molecule has 7 nitrogen and oxygen atoms in total. The molecular weight excluding hydrogens is 564 g/mol. The molecule has 0 bridgehead atoms. The van der Waals surface area contributed by atoms with Crippen molar-refractivity contribution in [3.63, 3.8) is 0 Å². The van der Waals surface area contributed by atoms with Crippen molar-refractivity contribution in [1.82, 2.24) is 10.2 Å². The topological polar surface area (TPSA) is 86.8 Å². The molecule has 0 fully saturated rings. The van der Waals surface area contributed by atoms with Gasteiger partial charge in [-0.3, -0.25) is 13.9 Å². The monoisotopic (exact) mass is 593 g/mol. The first-order chi connectivity index (χ1) is 18.4. The van der Waals surface area contributed by atoms with Crippen molar-refractivity contribution >= 4 is 50.7 Å². The lowest BCUT2D eigenvalue weighted by Gasteiger charge is -2.34. The highest BCUT2D eigenvalue weighted by molar-refractivity contribution is 7.92. The predicted octanol–water partition coefficient (Wildman–Crippen LogP) is 5.06. The quantitative estimate of drug-likeness (QED) is 0.336. The standard InChI is InChI=1S/C28H30Cl2FN3O4S/c1-19(2)32-28(36)26(15-20-9-5-4-6-10-20)33(17-21-11-7-8-12-24(21)31)27(35)18-34(39(3,37)38)25-14-13-22(29)16-23(25)30/h4-14,16,19,26H,15,17-18H2,1-3H3,(H,32,36)/t26-/m1/s1. The maximum atomic E-state index is 14.7. The number of sulfonamides is 1. The molecule has 3 aromatic carbocycles. The van der Waals surface area contributed by atoms with Gasteiger partial charge in [0.2, 0.25) is 21.8 Å². The van der Waals surface area contributed by atoms with Gasteiger partial charge in [0, 0.05) is 29.6 Å². The number of halogens is 3. The number of anilines is 1. The van der Waals surface area contributed by atoms with Crippen LogP contribution in [0.1, 0.15) is 25.0 Å². The number of carbonyl (C=O) groups excluding carboxylic acids is 2. The smallest absolute Gasteiger partial charge is 0.244 e. The molecule has 0 saturated heterocycles. The normalized spacial score (nSPS) is 12.2. The fraction of sp³-hybridized carbons (Fsp3) is 0.286. The van der Waals surface area contributed by atoms with Gasteiger partial charge in [-0.25, -0.2) is 12.8 Å². The molecule has 0 aliphatic rings. The van der Waals surface area contributed by atoms with E-state index in [-0.39, 0.29) is 40.3 Å². The Bertz CT molecular complexity index is 1420. The van der Waals surface area contributed by atoms with Crippen LogP contribution >= 0.6 is 23.2 Å². The molecule has 0 heterocycles. The summed E-state index contributed by atoms with van der Waals surface area (Å²) >= 11 is 12.3. The Hall–Kier alpha value is -3.14. The van der Waals surface area contributed by atoms with Crippen molar-refractivity contribution in [2.45, 2.75) is 38.9 Å². The number of hydrogen-bond acceptors (Lipinski definition) is 4. The van der Waals surface area contributed by atoms with Crippen LogP contribution in [0.4, 0.5) is 10.1 Å². The van der Waals surface area contributed by atoms with E-state index in [0.717, 1.165) is 16.1 Å². The van der Waals surface area contributed by atoms with E-state index in [1.807, 2.05) is 30.3 Å². The summed E-state index contributed by atoms with van der Waals surface area (Å²) in [7, 11) is -4.00. The Morgan fingerprint density at radius 2 is 1.62 bits per heavy atom. The number of carbonyl (C=O) groups is 2. The Morgan fingerprint density at radius 3 is 2.21 bits per heavy atom. The van der Waals surface area contributed by atoms with Crippen molar-refractivity contribution in [3.05, 3.63) is 99.8 Å². The third-order valence-electron chi connectivity index (χ3n) is 5.86. The molecule has 2 amide bonds. The van der Waals surface area contributed by atoms with Gasteiger partial charge in [-0.15, -0.1) is 0 Å². The number of nitrogens with zero attached hydrogens (tertiary/aromatic N) is 2. The van der Waals surface area contributed by atoms with Crippen molar-refractivity contribution < 1.29 is 22.4 Å². The third-order valence-corrected chi connectivity index (χ3v) is 7.52. The molecular formula is C28H30Cl2FN3O4S. The van der Waals surface area contributed by atoms with Crippen LogP contribution in [0.15, 0.2) is 72.8 Å². The average Bonchev–Trinajstić information content (AvgIpc) is 2.85. The first kappa shape index (κ1) is 30.4. The first-order valence-electron chi connectivity index (χ1n) is 12.2. The minimum absolute atomic E-state index is 0.0276. The van der Waals surface area contributed by atoms with Gasteiger partial charge >= 0.3 is 0 Å². The summed E-state index contributed by atoms with van der Waals surface area (Å²) in [5, 5.41) is 3.15. The lowest BCUT2D eigenvalue weighted by molar-refractivity contribution is -0.140. The summed E-state index contributed by atoms with van der Waals surface area (Å²) in [6, 6.07) is 17.9. The second-order valence-corrected chi connectivity index (χ2v) is 12.1. The van der Waals surface area contributed by atoms with Gasteiger partial charge in [0.15, 0.2) is 0 Å². The molecule has 0 spiro atoms. The zero-order valence-electron chi connectivity index (χ0n) is 21.8. The third kappa shape index (κ3) is 8.42. The van der Waals surface area contributed by atoms with E-state index >= 15 is 0 Å². The summed E-state index contributed by atoms with van der Waals surface area (Å²) in [5.74, 6) is -1.72. The summed E-state index contributed by atoms with van der Waals surface area (Å²) in [4.78, 5) is 28.6. The fourth-order valence-corrected chi connectivity index (χ4v) is 5.45. The van der Waals surface area contributed by atoms with Crippen molar-refractivity contribution in [2.24, 2.45) is 0 Å². The number of hydrogen-bond donors (Lipinski definition) is 1. The Balaban J connectivity index is 2.08. The van der Waals surface area contributed by atoms with Gasteiger partial charge in [0.05, 0.1) is 17.0 Å². The van der Waals surface area contributed by atoms with Gasteiger partial charge in [0.25, 0.3) is 0 Å². The lowest BCUT2D eigenvalue weighted by Crippen LogP contribution is -2.54. The van der Waals surface area contributed by atoms with Crippen LogP contribution in [0.25, 0.3) is 0 Å². The zero-order valence-corrected chi connectivity index (χ0v) is 24.1. The highest BCUT2D eigenvalue weighted by Gasteiger charge is 2.34. The van der Waals surface area contributed by atoms with E-state index < -0.39 is 40.2 Å². The molecule has 1 N–H and O–H groups in total. The average molecular weight is 595 g/mol. The first-order valence-corrected chi connectivity index (χ1v) is 14.8. The maximum Gasteiger partial charge on any atom is 0.244 e. The van der Waals surface area contributed by atoms with Gasteiger partial charge in [0.1, 0.15) is 18.4 Å². The Kier molecular flexibility index (Phi) is 10.4. The van der Waals surface area contributed by atoms with Gasteiger partial charge in [-0.1, -0.05) is 71.7 Å². The summed E-state index contributed by atoms with van der Waals surface area (Å²) < 4.78 is 41.2. The van der Waals surface area contributed by atoms with Crippen LogP contribution in [0.3, 0.4) is 0 Å². The van der Waals surface area contributed by atoms with Crippen LogP contribution < -0.4 is 9.62 Å². The van der Waals surface area contributed by atoms with Crippen LogP contribution in [-0.4, -0.2) is 50.0 Å². The summed E-state index contributed by atoms with van der Waals surface area (Å²) in [5.41, 5.74) is 0.999. The van der Waals surface area contributed by atoms with Crippen LogP contribution in [-0.2, 0) is 32.6 Å². The van der Waals surface area contributed by atoms with Crippen LogP contribution in [0.2, 0.25) is 10.0 Å². The fourth-order valence-electron chi connectivity index (χ4n) is 4.02. The molecule has 0 unspecified atom stereocenters. The Morgan fingerprint density at radius 1 is 0.974 bits per heavy atom. The second kappa shape index (κ2) is 13.3. The maximum absolute atomic E-state index is 14.7. The van der Waals surface area contributed by atoms with Gasteiger partial charge in [-0.05, 0) is 43.7 Å². The van der Waals surface area contributed by atoms with E-state index in [9.17, 15) is 22.4 Å². The number of nitrogens with one attached hydrogen (secondary N) is 1. The predicted molar refractivity (Wildman–Crippen MR) is 153 cm³/mol. The highest BCUT2D eigenvalue weighted by atomic mass is 35.5. The molecule has 0 saturated carbocycles. The minimum atomic E-state index is -4.00. The second-order valence-electron chi connectivity index (χ2n) is 9.35. The zero-order chi connectivity index (χ0) is 28.7. The van der Waals surface area contributed by atoms with Gasteiger partial charge in [-0.2, -0.15) is 0 Å². The number of rotatable bonds is 11. The molecule has 3 rings (SSSR count). The minimum Gasteiger partial charge on any atom is -0.352 e. The highest BCUT2D eigenvalue weighted by Crippen LogP contribution is 2.30. The molecule has 39 heavy (non-hydrogen) atoms. The SMILES string of the molecule is CC(C)NC(=O)[C@@H](Cc1ccccc1)N(Cc1ccccc1F)C(=O)CN(c1ccc(Cl)cc1Cl)S(C)(=O)=O. The lowest BCUT2D eigenvalue weighted by atomic mass is 10.0. The molecule has 11 heteroatoms. The van der Waals surface area contributed by atoms with E-state index in [2.05, 4.69) is 5.32 Å². The Labute approximate surface area is 238 Å². The van der Waals surface area contributed by atoms with Crippen molar-refractivity contribution in [1.29, 1.82) is 0 Å². The van der Waals surface area contributed by atoms with Crippen LogP contribution in [0, 0.1) is 5.82 Å². The molecule has 0 aliphatic heterocycles. The largest absolute Gasteiger partial charge is 0.352 e. The number of benzene rings is 3. The van der Waals surface area contributed by atoms with Crippen LogP contribution in [0.5, 0.6) is 0 Å².